The Morgan fingerprint density at radius 1 is 0.923 bits per heavy atom. The van der Waals surface area contributed by atoms with Crippen molar-refractivity contribution in [2.45, 2.75) is 12.7 Å². The van der Waals surface area contributed by atoms with E-state index in [1.165, 1.54) is 12.1 Å². The number of amides is 1. The van der Waals surface area contributed by atoms with Crippen molar-refractivity contribution >= 4 is 5.91 Å². The molecule has 0 spiro atoms. The van der Waals surface area contributed by atoms with Crippen LogP contribution in [0.5, 0.6) is 0 Å². The zero-order valence-corrected chi connectivity index (χ0v) is 14.7. The normalized spacial score (nSPS) is 20.3. The molecule has 5 nitrogen and oxygen atoms in total. The number of piperazine rings is 1. The third kappa shape index (κ3) is 5.18. The zero-order chi connectivity index (χ0) is 18.6. The van der Waals surface area contributed by atoms with Crippen molar-refractivity contribution in [3.05, 3.63) is 35.4 Å². The van der Waals surface area contributed by atoms with Gasteiger partial charge in [-0.1, -0.05) is 12.1 Å². The van der Waals surface area contributed by atoms with Gasteiger partial charge in [-0.2, -0.15) is 13.2 Å². The summed E-state index contributed by atoms with van der Waals surface area (Å²) in [6.45, 7) is 6.74. The lowest BCUT2D eigenvalue weighted by Gasteiger charge is -2.36. The first-order chi connectivity index (χ1) is 12.4. The molecule has 0 aromatic heterocycles. The Balaban J connectivity index is 1.44. The Labute approximate surface area is 151 Å². The number of carbonyl (C=O) groups excluding carboxylic acids is 1. The maximum atomic E-state index is 12.6. The predicted octanol–water partition coefficient (Wildman–Crippen LogP) is 1.68. The van der Waals surface area contributed by atoms with E-state index in [1.807, 2.05) is 4.90 Å². The molecule has 26 heavy (non-hydrogen) atoms. The fourth-order valence-corrected chi connectivity index (χ4v) is 3.26. The molecule has 3 rings (SSSR count). The second kappa shape index (κ2) is 8.37. The van der Waals surface area contributed by atoms with Crippen LogP contribution < -0.4 is 0 Å². The molecule has 0 unspecified atom stereocenters. The van der Waals surface area contributed by atoms with Crippen molar-refractivity contribution in [3.8, 4) is 0 Å². The van der Waals surface area contributed by atoms with Crippen LogP contribution in [0.3, 0.4) is 0 Å². The van der Waals surface area contributed by atoms with Gasteiger partial charge in [-0.15, -0.1) is 0 Å². The molecule has 1 amide bonds. The molecule has 144 valence electrons. The number of hydrogen-bond donors (Lipinski definition) is 0. The Hall–Kier alpha value is -1.64. The summed E-state index contributed by atoms with van der Waals surface area (Å²) in [6.07, 6.45) is -4.30. The van der Waals surface area contributed by atoms with E-state index in [2.05, 4.69) is 9.80 Å². The van der Waals surface area contributed by atoms with Crippen LogP contribution in [0.4, 0.5) is 13.2 Å². The molecule has 0 aliphatic carbocycles. The molecule has 2 fully saturated rings. The predicted molar refractivity (Wildman–Crippen MR) is 90.6 cm³/mol. The summed E-state index contributed by atoms with van der Waals surface area (Å²) in [5, 5.41) is 0. The number of rotatable bonds is 4. The molecular weight excluding hydrogens is 347 g/mol. The number of benzene rings is 1. The molecule has 0 atom stereocenters. The summed E-state index contributed by atoms with van der Waals surface area (Å²) in [6, 6.07) is 5.30. The summed E-state index contributed by atoms with van der Waals surface area (Å²) in [7, 11) is 0. The van der Waals surface area contributed by atoms with Crippen molar-refractivity contribution < 1.29 is 22.7 Å². The minimum Gasteiger partial charge on any atom is -0.379 e. The summed E-state index contributed by atoms with van der Waals surface area (Å²) in [5.74, 6) is 0.140. The molecule has 2 aliphatic heterocycles. The third-order valence-electron chi connectivity index (χ3n) is 4.88. The van der Waals surface area contributed by atoms with E-state index in [4.69, 9.17) is 4.74 Å². The summed E-state index contributed by atoms with van der Waals surface area (Å²) in [4.78, 5) is 18.5. The minimum absolute atomic E-state index is 0.140. The molecule has 2 aliphatic rings. The smallest absolute Gasteiger partial charge is 0.379 e. The first-order valence-corrected chi connectivity index (χ1v) is 8.88. The molecule has 0 saturated carbocycles. The quantitative estimate of drug-likeness (QED) is 0.807. The number of carbonyl (C=O) groups is 1. The van der Waals surface area contributed by atoms with Gasteiger partial charge in [-0.05, 0) is 17.7 Å². The highest BCUT2D eigenvalue weighted by Gasteiger charge is 2.30. The van der Waals surface area contributed by atoms with Gasteiger partial charge in [-0.3, -0.25) is 14.6 Å². The number of nitrogens with zero attached hydrogens (tertiary/aromatic N) is 3. The standard InChI is InChI=1S/C18H24F3N3O2/c19-18(20,21)16-3-1-15(2-4-16)13-22-5-7-24(8-6-22)17(25)14-23-9-11-26-12-10-23/h1-4H,5-14H2. The number of ether oxygens (including phenoxy) is 1. The van der Waals surface area contributed by atoms with Gasteiger partial charge in [0, 0.05) is 45.8 Å². The van der Waals surface area contributed by atoms with Gasteiger partial charge in [0.15, 0.2) is 0 Å². The molecule has 0 N–H and O–H groups in total. The topological polar surface area (TPSA) is 36.0 Å². The van der Waals surface area contributed by atoms with Crippen molar-refractivity contribution in [3.63, 3.8) is 0 Å². The van der Waals surface area contributed by atoms with Crippen LogP contribution >= 0.6 is 0 Å². The van der Waals surface area contributed by atoms with Crippen LogP contribution in [0.1, 0.15) is 11.1 Å². The molecule has 1 aromatic rings. The average molecular weight is 371 g/mol. The van der Waals surface area contributed by atoms with E-state index in [0.717, 1.165) is 43.9 Å². The van der Waals surface area contributed by atoms with Crippen LogP contribution in [0.2, 0.25) is 0 Å². The molecule has 1 aromatic carbocycles. The third-order valence-corrected chi connectivity index (χ3v) is 4.88. The van der Waals surface area contributed by atoms with Crippen molar-refractivity contribution in [2.75, 3.05) is 59.0 Å². The molecule has 8 heteroatoms. The lowest BCUT2D eigenvalue weighted by Crippen LogP contribution is -2.51. The summed E-state index contributed by atoms with van der Waals surface area (Å²) >= 11 is 0. The van der Waals surface area contributed by atoms with Crippen LogP contribution in [0.25, 0.3) is 0 Å². The lowest BCUT2D eigenvalue weighted by atomic mass is 10.1. The van der Waals surface area contributed by atoms with Gasteiger partial charge in [0.2, 0.25) is 5.91 Å². The van der Waals surface area contributed by atoms with Gasteiger partial charge >= 0.3 is 6.18 Å². The van der Waals surface area contributed by atoms with E-state index in [0.29, 0.717) is 39.4 Å². The maximum absolute atomic E-state index is 12.6. The SMILES string of the molecule is O=C(CN1CCOCC1)N1CCN(Cc2ccc(C(F)(F)F)cc2)CC1. The van der Waals surface area contributed by atoms with Crippen LogP contribution in [0, 0.1) is 0 Å². The Morgan fingerprint density at radius 3 is 2.12 bits per heavy atom. The zero-order valence-electron chi connectivity index (χ0n) is 14.7. The first-order valence-electron chi connectivity index (χ1n) is 8.88. The Bertz CT molecular complexity index is 593. The van der Waals surface area contributed by atoms with Crippen molar-refractivity contribution in [1.29, 1.82) is 0 Å². The maximum Gasteiger partial charge on any atom is 0.416 e. The van der Waals surface area contributed by atoms with E-state index in [9.17, 15) is 18.0 Å². The van der Waals surface area contributed by atoms with Gasteiger partial charge in [0.1, 0.15) is 0 Å². The van der Waals surface area contributed by atoms with Gasteiger partial charge in [0.05, 0.1) is 25.3 Å². The van der Waals surface area contributed by atoms with Gasteiger partial charge in [0.25, 0.3) is 0 Å². The first kappa shape index (κ1) is 19.1. The van der Waals surface area contributed by atoms with Crippen LogP contribution in [0.15, 0.2) is 24.3 Å². The van der Waals surface area contributed by atoms with E-state index >= 15 is 0 Å². The molecular formula is C18H24F3N3O2. The highest BCUT2D eigenvalue weighted by molar-refractivity contribution is 5.78. The van der Waals surface area contributed by atoms with E-state index in [1.54, 1.807) is 0 Å². The fourth-order valence-electron chi connectivity index (χ4n) is 3.26. The van der Waals surface area contributed by atoms with E-state index < -0.39 is 11.7 Å². The second-order valence-corrected chi connectivity index (χ2v) is 6.74. The second-order valence-electron chi connectivity index (χ2n) is 6.74. The number of alkyl halides is 3. The molecule has 0 radical (unpaired) electrons. The lowest BCUT2D eigenvalue weighted by molar-refractivity contribution is -0.137. The van der Waals surface area contributed by atoms with E-state index in [-0.39, 0.29) is 5.91 Å². The van der Waals surface area contributed by atoms with Crippen molar-refractivity contribution in [2.24, 2.45) is 0 Å². The summed E-state index contributed by atoms with van der Waals surface area (Å²) in [5.41, 5.74) is 0.228. The Morgan fingerprint density at radius 2 is 1.54 bits per heavy atom. The molecule has 0 bridgehead atoms. The monoisotopic (exact) mass is 371 g/mol. The van der Waals surface area contributed by atoms with Crippen LogP contribution in [-0.2, 0) is 22.3 Å². The van der Waals surface area contributed by atoms with Gasteiger partial charge < -0.3 is 9.64 Å². The summed E-state index contributed by atoms with van der Waals surface area (Å²) < 4.78 is 43.1. The Kier molecular flexibility index (Phi) is 6.16. The molecule has 2 heterocycles. The average Bonchev–Trinajstić information content (AvgIpc) is 2.63. The van der Waals surface area contributed by atoms with Crippen molar-refractivity contribution in [1.82, 2.24) is 14.7 Å². The highest BCUT2D eigenvalue weighted by atomic mass is 19.4. The number of halogens is 3. The fraction of sp³-hybridized carbons (Fsp3) is 0.611. The number of morpholine rings is 1. The largest absolute Gasteiger partial charge is 0.416 e. The molecule has 2 saturated heterocycles. The number of hydrogen-bond acceptors (Lipinski definition) is 4. The van der Waals surface area contributed by atoms with Gasteiger partial charge in [-0.25, -0.2) is 0 Å². The van der Waals surface area contributed by atoms with Crippen LogP contribution in [-0.4, -0.2) is 79.6 Å². The minimum atomic E-state index is -4.30. The highest BCUT2D eigenvalue weighted by Crippen LogP contribution is 2.29.